The van der Waals surface area contributed by atoms with Crippen LogP contribution in [0.1, 0.15) is 22.3 Å². The first-order valence-corrected chi connectivity index (χ1v) is 21.3. The molecular formula is C48H68N4O8. The van der Waals surface area contributed by atoms with Crippen LogP contribution < -0.4 is 18.9 Å². The van der Waals surface area contributed by atoms with Gasteiger partial charge in [-0.05, 0) is 70.8 Å². The summed E-state index contributed by atoms with van der Waals surface area (Å²) in [6, 6.07) is 34.1. The molecule has 12 heteroatoms. The molecule has 328 valence electrons. The van der Waals surface area contributed by atoms with Crippen LogP contribution in [-0.2, 0) is 45.1 Å². The second kappa shape index (κ2) is 27.6. The quantitative estimate of drug-likeness (QED) is 0.0765. The zero-order valence-corrected chi connectivity index (χ0v) is 36.4. The number of benzene rings is 4. The Hall–Kier alpha value is -4.24. The fourth-order valence-electron chi connectivity index (χ4n) is 6.98. The Bertz CT molecular complexity index is 1430. The molecule has 0 unspecified atom stereocenters. The largest absolute Gasteiger partial charge is 0.491 e. The summed E-state index contributed by atoms with van der Waals surface area (Å²) < 4.78 is 44.1. The van der Waals surface area contributed by atoms with E-state index in [0.717, 1.165) is 102 Å². The molecule has 5 rings (SSSR count). The second-order valence-electron chi connectivity index (χ2n) is 15.0. The number of hydrogen-bond donors (Lipinski definition) is 0. The smallest absolute Gasteiger partial charge is 0.119 e. The van der Waals surface area contributed by atoms with E-state index >= 15 is 0 Å². The molecule has 1 aliphatic rings. The van der Waals surface area contributed by atoms with Gasteiger partial charge in [-0.25, -0.2) is 0 Å². The molecule has 0 aromatic heterocycles. The van der Waals surface area contributed by atoms with Crippen LogP contribution in [0.4, 0.5) is 0 Å². The Kier molecular flexibility index (Phi) is 21.5. The molecule has 0 radical (unpaired) electrons. The van der Waals surface area contributed by atoms with Crippen molar-refractivity contribution >= 4 is 0 Å². The lowest BCUT2D eigenvalue weighted by atomic mass is 10.1. The number of rotatable bonds is 24. The summed E-state index contributed by atoms with van der Waals surface area (Å²) in [5.41, 5.74) is 5.09. The third kappa shape index (κ3) is 17.8. The van der Waals surface area contributed by atoms with Crippen molar-refractivity contribution in [2.45, 2.75) is 26.2 Å². The van der Waals surface area contributed by atoms with Gasteiger partial charge in [-0.15, -0.1) is 0 Å². The first-order chi connectivity index (χ1) is 29.5. The highest BCUT2D eigenvalue weighted by atomic mass is 16.5. The molecular weight excluding hydrogens is 761 g/mol. The van der Waals surface area contributed by atoms with Gasteiger partial charge in [-0.3, -0.25) is 19.6 Å². The standard InChI is InChI=1S/C48H68N4O8/c1-53-29-33-57-45-13-5-41(6-14-45)37-49-21-23-50(38-42-7-15-46(16-8-42)58-34-30-54-2)25-27-52(40-44-11-19-48(20-12-44)60-36-32-56-4)28-26-51(24-22-49)39-43-9-17-47(18-10-43)59-35-31-55-3/h5-20H,21-40H2,1-4H3. The first-order valence-electron chi connectivity index (χ1n) is 21.3. The highest BCUT2D eigenvalue weighted by molar-refractivity contribution is 5.30. The summed E-state index contributed by atoms with van der Waals surface area (Å²) in [4.78, 5) is 10.4. The fraction of sp³-hybridized carbons (Fsp3) is 0.500. The lowest BCUT2D eigenvalue weighted by Gasteiger charge is -2.34. The summed E-state index contributed by atoms with van der Waals surface area (Å²) in [6.07, 6.45) is 0. The Morgan fingerprint density at radius 2 is 0.467 bits per heavy atom. The van der Waals surface area contributed by atoms with Crippen molar-refractivity contribution in [3.05, 3.63) is 119 Å². The number of methoxy groups -OCH3 is 4. The topological polar surface area (TPSA) is 86.8 Å². The van der Waals surface area contributed by atoms with Crippen molar-refractivity contribution in [1.82, 2.24) is 19.6 Å². The van der Waals surface area contributed by atoms with Gasteiger partial charge in [-0.2, -0.15) is 0 Å². The van der Waals surface area contributed by atoms with Crippen LogP contribution in [0.3, 0.4) is 0 Å². The van der Waals surface area contributed by atoms with Gasteiger partial charge in [0.2, 0.25) is 0 Å². The molecule has 0 amide bonds. The lowest BCUT2D eigenvalue weighted by molar-refractivity contribution is 0.122. The SMILES string of the molecule is COCCOc1ccc(CN2CCN(Cc3ccc(OCCOC)cc3)CCN(Cc3ccc(OCCOC)cc3)CCN(Cc3ccc(OCCOC)cc3)CC2)cc1. The minimum atomic E-state index is 0.536. The highest BCUT2D eigenvalue weighted by Gasteiger charge is 2.19. The maximum Gasteiger partial charge on any atom is 0.119 e. The van der Waals surface area contributed by atoms with E-state index in [4.69, 9.17) is 37.9 Å². The molecule has 0 spiro atoms. The predicted octanol–water partition coefficient (Wildman–Crippen LogP) is 6.11. The van der Waals surface area contributed by atoms with E-state index in [1.165, 1.54) is 22.3 Å². The maximum absolute atomic E-state index is 5.87. The summed E-state index contributed by atoms with van der Waals surface area (Å²) in [5, 5.41) is 0. The number of ether oxygens (including phenoxy) is 8. The molecule has 0 saturated carbocycles. The Morgan fingerprint density at radius 1 is 0.283 bits per heavy atom. The second-order valence-corrected chi connectivity index (χ2v) is 15.0. The lowest BCUT2D eigenvalue weighted by Crippen LogP contribution is -2.45. The zero-order chi connectivity index (χ0) is 42.0. The molecule has 4 aromatic rings. The Morgan fingerprint density at radius 3 is 0.633 bits per heavy atom. The third-order valence-corrected chi connectivity index (χ3v) is 10.5. The molecule has 1 saturated heterocycles. The van der Waals surface area contributed by atoms with Crippen LogP contribution in [0.25, 0.3) is 0 Å². The molecule has 0 bridgehead atoms. The van der Waals surface area contributed by atoms with Gasteiger partial charge in [0, 0.05) is 107 Å². The van der Waals surface area contributed by atoms with Crippen LogP contribution in [-0.4, -0.2) is 153 Å². The molecule has 0 aliphatic carbocycles. The van der Waals surface area contributed by atoms with Crippen molar-refractivity contribution in [3.8, 4) is 23.0 Å². The minimum Gasteiger partial charge on any atom is -0.491 e. The van der Waals surface area contributed by atoms with Crippen molar-refractivity contribution in [2.24, 2.45) is 0 Å². The number of hydrogen-bond acceptors (Lipinski definition) is 12. The minimum absolute atomic E-state index is 0.536. The summed E-state index contributed by atoms with van der Waals surface area (Å²) >= 11 is 0. The van der Waals surface area contributed by atoms with Crippen LogP contribution >= 0.6 is 0 Å². The normalized spacial score (nSPS) is 15.3. The molecule has 12 nitrogen and oxygen atoms in total. The van der Waals surface area contributed by atoms with Crippen molar-refractivity contribution in [3.63, 3.8) is 0 Å². The van der Waals surface area contributed by atoms with Crippen molar-refractivity contribution < 1.29 is 37.9 Å². The van der Waals surface area contributed by atoms with Crippen molar-refractivity contribution in [2.75, 3.05) is 134 Å². The average molecular weight is 829 g/mol. The van der Waals surface area contributed by atoms with Crippen LogP contribution in [0, 0.1) is 0 Å². The Labute approximate surface area is 358 Å². The maximum atomic E-state index is 5.87. The van der Waals surface area contributed by atoms with Gasteiger partial charge < -0.3 is 37.9 Å². The summed E-state index contributed by atoms with van der Waals surface area (Å²) in [5.74, 6) is 3.46. The molecule has 0 atom stereocenters. The molecule has 60 heavy (non-hydrogen) atoms. The summed E-state index contributed by atoms with van der Waals surface area (Å²) in [7, 11) is 6.76. The van der Waals surface area contributed by atoms with Gasteiger partial charge in [0.15, 0.2) is 0 Å². The predicted molar refractivity (Wildman–Crippen MR) is 236 cm³/mol. The molecule has 4 aromatic carbocycles. The van der Waals surface area contributed by atoms with Gasteiger partial charge in [0.1, 0.15) is 49.4 Å². The molecule has 1 aliphatic heterocycles. The summed E-state index contributed by atoms with van der Waals surface area (Å²) in [6.45, 7) is 15.4. The van der Waals surface area contributed by atoms with Crippen LogP contribution in [0.5, 0.6) is 23.0 Å². The molecule has 1 fully saturated rings. The third-order valence-electron chi connectivity index (χ3n) is 10.5. The highest BCUT2D eigenvalue weighted by Crippen LogP contribution is 2.19. The van der Waals surface area contributed by atoms with Gasteiger partial charge in [0.05, 0.1) is 26.4 Å². The Balaban J connectivity index is 1.33. The van der Waals surface area contributed by atoms with E-state index in [1.54, 1.807) is 28.4 Å². The average Bonchev–Trinajstić information content (AvgIpc) is 3.27. The zero-order valence-electron chi connectivity index (χ0n) is 36.4. The van der Waals surface area contributed by atoms with E-state index in [1.807, 2.05) is 0 Å². The van der Waals surface area contributed by atoms with E-state index in [2.05, 4.69) is 117 Å². The molecule has 0 N–H and O–H groups in total. The molecule has 1 heterocycles. The monoisotopic (exact) mass is 829 g/mol. The van der Waals surface area contributed by atoms with Gasteiger partial charge in [0.25, 0.3) is 0 Å². The van der Waals surface area contributed by atoms with Crippen LogP contribution in [0.15, 0.2) is 97.1 Å². The van der Waals surface area contributed by atoms with E-state index in [-0.39, 0.29) is 0 Å². The van der Waals surface area contributed by atoms with E-state index in [9.17, 15) is 0 Å². The van der Waals surface area contributed by atoms with E-state index in [0.29, 0.717) is 52.9 Å². The van der Waals surface area contributed by atoms with Crippen LogP contribution in [0.2, 0.25) is 0 Å². The first kappa shape index (κ1) is 46.8. The fourth-order valence-corrected chi connectivity index (χ4v) is 6.98. The number of nitrogens with zero attached hydrogens (tertiary/aromatic N) is 4. The van der Waals surface area contributed by atoms with Gasteiger partial charge >= 0.3 is 0 Å². The van der Waals surface area contributed by atoms with E-state index < -0.39 is 0 Å². The van der Waals surface area contributed by atoms with Crippen molar-refractivity contribution in [1.29, 1.82) is 0 Å². The van der Waals surface area contributed by atoms with Gasteiger partial charge in [-0.1, -0.05) is 48.5 Å².